The van der Waals surface area contributed by atoms with Gasteiger partial charge in [-0.2, -0.15) is 17.0 Å². The molecule has 0 bridgehead atoms. The fourth-order valence-corrected chi connectivity index (χ4v) is 2.03. The molecular formula is C11H16N2OS. The molecule has 1 rings (SSSR count). The van der Waals surface area contributed by atoms with Crippen molar-refractivity contribution in [3.8, 4) is 6.07 Å². The summed E-state index contributed by atoms with van der Waals surface area (Å²) in [6, 6.07) is 6.04. The van der Waals surface area contributed by atoms with Crippen molar-refractivity contribution in [2.45, 2.75) is 31.6 Å². The topological polar surface area (TPSA) is 63.0 Å². The molecule has 0 amide bonds. The molecule has 0 saturated heterocycles. The lowest BCUT2D eigenvalue weighted by Crippen LogP contribution is -2.36. The Bertz CT molecular complexity index is 352. The predicted octanol–water partition coefficient (Wildman–Crippen LogP) is 2.32. The summed E-state index contributed by atoms with van der Waals surface area (Å²) in [6.45, 7) is 3.79. The molecule has 15 heavy (non-hydrogen) atoms. The van der Waals surface area contributed by atoms with Crippen molar-refractivity contribution in [1.82, 2.24) is 0 Å². The molecule has 3 nitrogen and oxygen atoms in total. The largest absolute Gasteiger partial charge is 0.465 e. The zero-order chi connectivity index (χ0) is 11.3. The number of nitrogens with two attached hydrogens (primary N) is 1. The molecule has 82 valence electrons. The van der Waals surface area contributed by atoms with Crippen LogP contribution >= 0.6 is 11.8 Å². The average Bonchev–Trinajstić information content (AvgIpc) is 2.66. The number of furan rings is 1. The summed E-state index contributed by atoms with van der Waals surface area (Å²) in [5, 5.41) is 8.72. The van der Waals surface area contributed by atoms with E-state index in [1.165, 1.54) is 0 Å². The quantitative estimate of drug-likeness (QED) is 0.833. The van der Waals surface area contributed by atoms with E-state index in [4.69, 9.17) is 15.4 Å². The molecule has 1 aromatic rings. The van der Waals surface area contributed by atoms with Crippen LogP contribution in [-0.4, -0.2) is 11.3 Å². The first-order chi connectivity index (χ1) is 7.07. The second kappa shape index (κ2) is 5.24. The van der Waals surface area contributed by atoms with Crippen LogP contribution < -0.4 is 5.73 Å². The number of rotatable bonds is 5. The molecule has 2 N–H and O–H groups in total. The van der Waals surface area contributed by atoms with E-state index in [0.29, 0.717) is 5.75 Å². The molecule has 0 aliphatic rings. The van der Waals surface area contributed by atoms with Crippen molar-refractivity contribution in [3.05, 3.63) is 23.7 Å². The van der Waals surface area contributed by atoms with Crippen LogP contribution in [0, 0.1) is 11.3 Å². The lowest BCUT2D eigenvalue weighted by Gasteiger charge is -2.13. The maximum Gasteiger partial charge on any atom is 0.114 e. The van der Waals surface area contributed by atoms with E-state index in [-0.39, 0.29) is 0 Å². The van der Waals surface area contributed by atoms with E-state index in [2.05, 4.69) is 13.0 Å². The average molecular weight is 224 g/mol. The van der Waals surface area contributed by atoms with Crippen LogP contribution in [0.3, 0.4) is 0 Å². The molecule has 1 heterocycles. The molecule has 1 atom stereocenters. The van der Waals surface area contributed by atoms with Crippen LogP contribution in [0.15, 0.2) is 16.5 Å². The third kappa shape index (κ3) is 3.98. The third-order valence-corrected chi connectivity index (χ3v) is 3.26. The highest BCUT2D eigenvalue weighted by molar-refractivity contribution is 7.98. The van der Waals surface area contributed by atoms with Crippen LogP contribution in [0.1, 0.15) is 25.4 Å². The van der Waals surface area contributed by atoms with Gasteiger partial charge in [-0.25, -0.2) is 0 Å². The van der Waals surface area contributed by atoms with Gasteiger partial charge in [0, 0.05) is 12.2 Å². The lowest BCUT2D eigenvalue weighted by molar-refractivity contribution is 0.485. The van der Waals surface area contributed by atoms with Crippen molar-refractivity contribution >= 4 is 11.8 Å². The summed E-state index contributed by atoms with van der Waals surface area (Å²) in [7, 11) is 0. The van der Waals surface area contributed by atoms with Gasteiger partial charge in [0.2, 0.25) is 0 Å². The van der Waals surface area contributed by atoms with E-state index in [0.717, 1.165) is 23.7 Å². The molecule has 0 fully saturated rings. The van der Waals surface area contributed by atoms with E-state index in [9.17, 15) is 0 Å². The molecule has 0 spiro atoms. The van der Waals surface area contributed by atoms with Crippen molar-refractivity contribution in [2.24, 2.45) is 5.73 Å². The van der Waals surface area contributed by atoms with Crippen molar-refractivity contribution in [1.29, 1.82) is 5.26 Å². The number of hydrogen-bond donors (Lipinski definition) is 1. The van der Waals surface area contributed by atoms with Gasteiger partial charge < -0.3 is 10.2 Å². The maximum atomic E-state index is 8.72. The first-order valence-electron chi connectivity index (χ1n) is 4.93. The van der Waals surface area contributed by atoms with Crippen molar-refractivity contribution in [3.63, 3.8) is 0 Å². The van der Waals surface area contributed by atoms with Crippen LogP contribution in [-0.2, 0) is 12.2 Å². The summed E-state index contributed by atoms with van der Waals surface area (Å²) in [5.74, 6) is 3.34. The molecule has 1 unspecified atom stereocenters. The van der Waals surface area contributed by atoms with Gasteiger partial charge in [-0.15, -0.1) is 0 Å². The molecule has 0 aromatic carbocycles. The normalized spacial score (nSPS) is 14.5. The van der Waals surface area contributed by atoms with Gasteiger partial charge >= 0.3 is 0 Å². The molecule has 1 aromatic heterocycles. The zero-order valence-electron chi connectivity index (χ0n) is 9.12. The first-order valence-corrected chi connectivity index (χ1v) is 6.08. The molecule has 0 radical (unpaired) electrons. The lowest BCUT2D eigenvalue weighted by atomic mass is 10.1. The van der Waals surface area contributed by atoms with Gasteiger partial charge in [-0.3, -0.25) is 0 Å². The van der Waals surface area contributed by atoms with Crippen LogP contribution in [0.25, 0.3) is 0 Å². The highest BCUT2D eigenvalue weighted by Crippen LogP contribution is 2.18. The Hall–Kier alpha value is -0.920. The van der Waals surface area contributed by atoms with Gasteiger partial charge in [0.05, 0.1) is 11.8 Å². The van der Waals surface area contributed by atoms with Crippen molar-refractivity contribution in [2.75, 3.05) is 5.75 Å². The summed E-state index contributed by atoms with van der Waals surface area (Å²) in [6.07, 6.45) is 0.914. The smallest absolute Gasteiger partial charge is 0.114 e. The maximum absolute atomic E-state index is 8.72. The number of nitriles is 1. The number of nitrogens with zero attached hydrogens (tertiary/aromatic N) is 1. The first kappa shape index (κ1) is 12.2. The number of hydrogen-bond acceptors (Lipinski definition) is 4. The minimum absolute atomic E-state index is 0.617. The summed E-state index contributed by atoms with van der Waals surface area (Å²) in [4.78, 5) is 0. The number of aryl methyl sites for hydroxylation is 1. The van der Waals surface area contributed by atoms with Gasteiger partial charge in [0.15, 0.2) is 0 Å². The Labute approximate surface area is 94.6 Å². The second-order valence-electron chi connectivity index (χ2n) is 3.74. The molecule has 0 aliphatic carbocycles. The van der Waals surface area contributed by atoms with Gasteiger partial charge in [-0.05, 0) is 19.1 Å². The fourth-order valence-electron chi connectivity index (χ4n) is 1.09. The van der Waals surface area contributed by atoms with Crippen LogP contribution in [0.4, 0.5) is 0 Å². The molecule has 0 aliphatic heterocycles. The Kier molecular flexibility index (Phi) is 4.25. The highest BCUT2D eigenvalue weighted by Gasteiger charge is 2.17. The van der Waals surface area contributed by atoms with E-state index < -0.39 is 5.54 Å². The fraction of sp³-hybridized carbons (Fsp3) is 0.545. The predicted molar refractivity (Wildman–Crippen MR) is 62.5 cm³/mol. The number of thioether (sulfide) groups is 1. The summed E-state index contributed by atoms with van der Waals surface area (Å²) < 4.78 is 5.54. The Morgan fingerprint density at radius 1 is 1.53 bits per heavy atom. The molecule has 4 heteroatoms. The molecular weight excluding hydrogens is 208 g/mol. The van der Waals surface area contributed by atoms with Gasteiger partial charge in [0.25, 0.3) is 0 Å². The SMILES string of the molecule is CCc1ccc(CSCC(C)(N)C#N)o1. The monoisotopic (exact) mass is 224 g/mol. The Morgan fingerprint density at radius 3 is 2.73 bits per heavy atom. The zero-order valence-corrected chi connectivity index (χ0v) is 9.93. The van der Waals surface area contributed by atoms with E-state index >= 15 is 0 Å². The van der Waals surface area contributed by atoms with Gasteiger partial charge in [-0.1, -0.05) is 6.92 Å². The van der Waals surface area contributed by atoms with Crippen LogP contribution in [0.2, 0.25) is 0 Å². The van der Waals surface area contributed by atoms with E-state index in [1.54, 1.807) is 18.7 Å². The van der Waals surface area contributed by atoms with Gasteiger partial charge in [0.1, 0.15) is 17.1 Å². The minimum atomic E-state index is -0.745. The Morgan fingerprint density at radius 2 is 2.20 bits per heavy atom. The Balaban J connectivity index is 2.35. The van der Waals surface area contributed by atoms with Crippen molar-refractivity contribution < 1.29 is 4.42 Å². The van der Waals surface area contributed by atoms with E-state index in [1.807, 2.05) is 12.1 Å². The summed E-state index contributed by atoms with van der Waals surface area (Å²) in [5.41, 5.74) is 4.95. The highest BCUT2D eigenvalue weighted by atomic mass is 32.2. The van der Waals surface area contributed by atoms with Crippen LogP contribution in [0.5, 0.6) is 0 Å². The molecule has 0 saturated carbocycles. The summed E-state index contributed by atoms with van der Waals surface area (Å²) >= 11 is 1.62. The minimum Gasteiger partial charge on any atom is -0.465 e. The standard InChI is InChI=1S/C11H16N2OS/c1-3-9-4-5-10(14-9)6-15-8-11(2,13)7-12/h4-5H,3,6,8,13H2,1-2H3. The second-order valence-corrected chi connectivity index (χ2v) is 4.73. The third-order valence-electron chi connectivity index (χ3n) is 1.97.